The van der Waals surface area contributed by atoms with Gasteiger partial charge in [-0.3, -0.25) is 20.4 Å². The molecule has 2 N–H and O–H groups in total. The molecule has 4 rings (SSSR count). The van der Waals surface area contributed by atoms with Gasteiger partial charge in [0.15, 0.2) is 11.5 Å². The number of benzene rings is 3. The summed E-state index contributed by atoms with van der Waals surface area (Å²) in [7, 11) is 4.72. The molecule has 0 fully saturated rings. The lowest BCUT2D eigenvalue weighted by molar-refractivity contribution is -0.121. The predicted octanol–water partition coefficient (Wildman–Crippen LogP) is 4.32. The second-order valence-electron chi connectivity index (χ2n) is 7.96. The molecular formula is C28H27N3O5. The quantitative estimate of drug-likeness (QED) is 0.361. The molecule has 1 aromatic heterocycles. The van der Waals surface area contributed by atoms with Gasteiger partial charge in [0, 0.05) is 17.4 Å². The van der Waals surface area contributed by atoms with Crippen LogP contribution in [0.25, 0.3) is 22.2 Å². The van der Waals surface area contributed by atoms with Gasteiger partial charge in [0.25, 0.3) is 5.91 Å². The molecule has 0 aliphatic rings. The summed E-state index contributed by atoms with van der Waals surface area (Å²) >= 11 is 0. The fraction of sp³-hybridized carbons (Fsp3) is 0.179. The molecule has 4 aromatic rings. The highest BCUT2D eigenvalue weighted by Gasteiger charge is 2.16. The van der Waals surface area contributed by atoms with Gasteiger partial charge in [-0.15, -0.1) is 0 Å². The Hall–Kier alpha value is -4.59. The Labute approximate surface area is 209 Å². The van der Waals surface area contributed by atoms with E-state index < -0.39 is 5.91 Å². The minimum atomic E-state index is -0.444. The minimum Gasteiger partial charge on any atom is -0.496 e. The SMILES string of the molecule is COc1ccccc1CCC(=O)NNC(=O)c1cc(-c2ccc(OC)c(OC)c2)nc2ccccc12. The highest BCUT2D eigenvalue weighted by atomic mass is 16.5. The third kappa shape index (κ3) is 5.38. The maximum atomic E-state index is 13.1. The van der Waals surface area contributed by atoms with E-state index in [1.807, 2.05) is 54.6 Å². The van der Waals surface area contributed by atoms with E-state index in [2.05, 4.69) is 10.9 Å². The summed E-state index contributed by atoms with van der Waals surface area (Å²) in [5.41, 5.74) is 8.34. The lowest BCUT2D eigenvalue weighted by Gasteiger charge is -2.13. The molecule has 0 aliphatic carbocycles. The number of rotatable bonds is 8. The zero-order valence-corrected chi connectivity index (χ0v) is 20.3. The lowest BCUT2D eigenvalue weighted by atomic mass is 10.0. The number of hydrogen-bond acceptors (Lipinski definition) is 6. The monoisotopic (exact) mass is 485 g/mol. The Morgan fingerprint density at radius 2 is 1.50 bits per heavy atom. The Kier molecular flexibility index (Phi) is 7.65. The van der Waals surface area contributed by atoms with Crippen LogP contribution < -0.4 is 25.1 Å². The van der Waals surface area contributed by atoms with E-state index in [4.69, 9.17) is 19.2 Å². The summed E-state index contributed by atoms with van der Waals surface area (Å²) < 4.78 is 16.1. The number of hydrazine groups is 1. The first kappa shape index (κ1) is 24.5. The molecule has 8 nitrogen and oxygen atoms in total. The van der Waals surface area contributed by atoms with Gasteiger partial charge in [-0.2, -0.15) is 0 Å². The molecule has 0 unspecified atom stereocenters. The van der Waals surface area contributed by atoms with Crippen molar-refractivity contribution in [2.45, 2.75) is 12.8 Å². The average molecular weight is 486 g/mol. The second-order valence-corrected chi connectivity index (χ2v) is 7.96. The first-order valence-corrected chi connectivity index (χ1v) is 11.4. The van der Waals surface area contributed by atoms with Crippen LogP contribution in [0.3, 0.4) is 0 Å². The second kappa shape index (κ2) is 11.2. The number of fused-ring (bicyclic) bond motifs is 1. The van der Waals surface area contributed by atoms with Crippen molar-refractivity contribution < 1.29 is 23.8 Å². The van der Waals surface area contributed by atoms with Crippen molar-refractivity contribution in [3.8, 4) is 28.5 Å². The fourth-order valence-electron chi connectivity index (χ4n) is 3.92. The van der Waals surface area contributed by atoms with Crippen LogP contribution in [0.2, 0.25) is 0 Å². The molecule has 0 radical (unpaired) electrons. The number of carbonyl (C=O) groups excluding carboxylic acids is 2. The zero-order chi connectivity index (χ0) is 25.5. The van der Waals surface area contributed by atoms with E-state index in [-0.39, 0.29) is 12.3 Å². The molecule has 0 atom stereocenters. The van der Waals surface area contributed by atoms with Crippen LogP contribution in [0, 0.1) is 0 Å². The number of para-hydroxylation sites is 2. The number of nitrogens with zero attached hydrogens (tertiary/aromatic N) is 1. The summed E-state index contributed by atoms with van der Waals surface area (Å²) in [6.45, 7) is 0. The lowest BCUT2D eigenvalue weighted by Crippen LogP contribution is -2.41. The third-order valence-corrected chi connectivity index (χ3v) is 5.77. The van der Waals surface area contributed by atoms with E-state index in [0.29, 0.717) is 40.1 Å². The van der Waals surface area contributed by atoms with Crippen LogP contribution in [0.15, 0.2) is 72.8 Å². The van der Waals surface area contributed by atoms with Crippen LogP contribution >= 0.6 is 0 Å². The molecule has 0 aliphatic heterocycles. The smallest absolute Gasteiger partial charge is 0.270 e. The Morgan fingerprint density at radius 3 is 2.28 bits per heavy atom. The van der Waals surface area contributed by atoms with Gasteiger partial charge in [0.1, 0.15) is 5.75 Å². The normalized spacial score (nSPS) is 10.5. The third-order valence-electron chi connectivity index (χ3n) is 5.77. The zero-order valence-electron chi connectivity index (χ0n) is 20.3. The fourth-order valence-corrected chi connectivity index (χ4v) is 3.92. The van der Waals surface area contributed by atoms with Crippen molar-refractivity contribution in [2.24, 2.45) is 0 Å². The number of aryl methyl sites for hydroxylation is 1. The number of ether oxygens (including phenoxy) is 3. The molecule has 184 valence electrons. The van der Waals surface area contributed by atoms with Crippen molar-refractivity contribution in [1.29, 1.82) is 0 Å². The van der Waals surface area contributed by atoms with Crippen LogP contribution in [0.5, 0.6) is 17.2 Å². The maximum Gasteiger partial charge on any atom is 0.270 e. The Balaban J connectivity index is 1.53. The number of hydrogen-bond donors (Lipinski definition) is 2. The van der Waals surface area contributed by atoms with Gasteiger partial charge < -0.3 is 14.2 Å². The highest BCUT2D eigenvalue weighted by molar-refractivity contribution is 6.07. The summed E-state index contributed by atoms with van der Waals surface area (Å²) in [6.07, 6.45) is 0.669. The van der Waals surface area contributed by atoms with E-state index in [1.165, 1.54) is 0 Å². The number of amides is 2. The largest absolute Gasteiger partial charge is 0.496 e. The number of nitrogens with one attached hydrogen (secondary N) is 2. The summed E-state index contributed by atoms with van der Waals surface area (Å²) in [5.74, 6) is 1.11. The molecule has 8 heteroatoms. The van der Waals surface area contributed by atoms with Crippen molar-refractivity contribution >= 4 is 22.7 Å². The van der Waals surface area contributed by atoms with E-state index in [9.17, 15) is 9.59 Å². The van der Waals surface area contributed by atoms with Crippen LogP contribution in [0.1, 0.15) is 22.3 Å². The topological polar surface area (TPSA) is 98.8 Å². The Morgan fingerprint density at radius 1 is 0.778 bits per heavy atom. The van der Waals surface area contributed by atoms with Gasteiger partial charge >= 0.3 is 0 Å². The minimum absolute atomic E-state index is 0.189. The van der Waals surface area contributed by atoms with Gasteiger partial charge in [-0.05, 0) is 48.4 Å². The first-order valence-electron chi connectivity index (χ1n) is 11.4. The van der Waals surface area contributed by atoms with Crippen LogP contribution in [-0.2, 0) is 11.2 Å². The molecule has 2 amide bonds. The van der Waals surface area contributed by atoms with Crippen molar-refractivity contribution in [1.82, 2.24) is 15.8 Å². The number of aromatic nitrogens is 1. The van der Waals surface area contributed by atoms with E-state index in [0.717, 1.165) is 16.9 Å². The average Bonchev–Trinajstić information content (AvgIpc) is 2.93. The van der Waals surface area contributed by atoms with Gasteiger partial charge in [0.2, 0.25) is 5.91 Å². The molecular weight excluding hydrogens is 458 g/mol. The molecule has 0 spiro atoms. The van der Waals surface area contributed by atoms with Crippen molar-refractivity contribution in [3.05, 3.63) is 83.9 Å². The van der Waals surface area contributed by atoms with Gasteiger partial charge in [-0.25, -0.2) is 4.98 Å². The van der Waals surface area contributed by atoms with E-state index >= 15 is 0 Å². The summed E-state index contributed by atoms with van der Waals surface area (Å²) in [6, 6.07) is 22.0. The molecule has 36 heavy (non-hydrogen) atoms. The molecule has 0 saturated heterocycles. The standard InChI is InChI=1S/C28H27N3O5/c1-34-24-11-7-4-8-18(24)13-15-27(32)30-31-28(33)21-17-23(29-22-10-6-5-9-20(21)22)19-12-14-25(35-2)26(16-19)36-3/h4-12,14,16-17H,13,15H2,1-3H3,(H,30,32)(H,31,33). The predicted molar refractivity (Wildman–Crippen MR) is 137 cm³/mol. The number of pyridine rings is 1. The molecule has 3 aromatic carbocycles. The number of carbonyl (C=O) groups is 2. The summed E-state index contributed by atoms with van der Waals surface area (Å²) in [5, 5.41) is 0.669. The van der Waals surface area contributed by atoms with Gasteiger partial charge in [-0.1, -0.05) is 36.4 Å². The molecule has 1 heterocycles. The van der Waals surface area contributed by atoms with Crippen LogP contribution in [-0.4, -0.2) is 38.1 Å². The van der Waals surface area contributed by atoms with E-state index in [1.54, 1.807) is 39.5 Å². The maximum absolute atomic E-state index is 13.1. The Bertz CT molecular complexity index is 1400. The molecule has 0 saturated carbocycles. The highest BCUT2D eigenvalue weighted by Crippen LogP contribution is 2.33. The van der Waals surface area contributed by atoms with Crippen molar-refractivity contribution in [2.75, 3.05) is 21.3 Å². The van der Waals surface area contributed by atoms with Crippen LogP contribution in [0.4, 0.5) is 0 Å². The summed E-state index contributed by atoms with van der Waals surface area (Å²) in [4.78, 5) is 30.3. The molecule has 0 bridgehead atoms. The first-order chi connectivity index (χ1) is 17.5. The van der Waals surface area contributed by atoms with Crippen molar-refractivity contribution in [3.63, 3.8) is 0 Å². The van der Waals surface area contributed by atoms with Gasteiger partial charge in [0.05, 0.1) is 38.1 Å². The number of methoxy groups -OCH3 is 3.